The zero-order chi connectivity index (χ0) is 12.6. The Balaban J connectivity index is 2.36. The van der Waals surface area contributed by atoms with Crippen molar-refractivity contribution in [3.05, 3.63) is 33.3 Å². The lowest BCUT2D eigenvalue weighted by Crippen LogP contribution is -1.99. The molecule has 0 atom stereocenters. The van der Waals surface area contributed by atoms with Crippen molar-refractivity contribution < 1.29 is 9.13 Å². The van der Waals surface area contributed by atoms with Crippen molar-refractivity contribution in [1.29, 1.82) is 0 Å². The quantitative estimate of drug-likeness (QED) is 0.672. The molecule has 1 aromatic heterocycles. The van der Waals surface area contributed by atoms with Crippen LogP contribution in [-0.2, 0) is 7.05 Å². The third kappa shape index (κ3) is 2.51. The van der Waals surface area contributed by atoms with Gasteiger partial charge >= 0.3 is 0 Å². The number of aromatic nitrogens is 2. The summed E-state index contributed by atoms with van der Waals surface area (Å²) >= 11 is 1.88. The highest BCUT2D eigenvalue weighted by atomic mass is 127. The standard InChI is InChI=1S/C11H11FIN3O/c1-6-3-11(16(2)15-6)17-10-4-7(12)8(13)5-9(10)14/h3-5H,14H2,1-2H3. The third-order valence-electron chi connectivity index (χ3n) is 2.23. The van der Waals surface area contributed by atoms with E-state index in [-0.39, 0.29) is 5.82 Å². The van der Waals surface area contributed by atoms with Crippen LogP contribution in [-0.4, -0.2) is 9.78 Å². The Morgan fingerprint density at radius 2 is 2.12 bits per heavy atom. The number of nitrogens with zero attached hydrogens (tertiary/aromatic N) is 2. The molecule has 0 unspecified atom stereocenters. The molecular weight excluding hydrogens is 336 g/mol. The summed E-state index contributed by atoms with van der Waals surface area (Å²) in [7, 11) is 1.75. The van der Waals surface area contributed by atoms with Crippen LogP contribution in [0.25, 0.3) is 0 Å². The van der Waals surface area contributed by atoms with E-state index in [2.05, 4.69) is 5.10 Å². The van der Waals surface area contributed by atoms with Crippen molar-refractivity contribution in [2.45, 2.75) is 6.92 Å². The summed E-state index contributed by atoms with van der Waals surface area (Å²) in [6.07, 6.45) is 0. The summed E-state index contributed by atoms with van der Waals surface area (Å²) in [6.45, 7) is 1.85. The Morgan fingerprint density at radius 1 is 1.41 bits per heavy atom. The minimum Gasteiger partial charge on any atom is -0.437 e. The Hall–Kier alpha value is -1.31. The van der Waals surface area contributed by atoms with Crippen molar-refractivity contribution >= 4 is 28.3 Å². The summed E-state index contributed by atoms with van der Waals surface area (Å²) in [4.78, 5) is 0. The van der Waals surface area contributed by atoms with Crippen LogP contribution in [0.3, 0.4) is 0 Å². The zero-order valence-corrected chi connectivity index (χ0v) is 11.5. The first-order valence-corrected chi connectivity index (χ1v) is 5.98. The molecule has 6 heteroatoms. The highest BCUT2D eigenvalue weighted by molar-refractivity contribution is 14.1. The monoisotopic (exact) mass is 347 g/mol. The van der Waals surface area contributed by atoms with Gasteiger partial charge in [-0.1, -0.05) is 0 Å². The molecule has 1 heterocycles. The van der Waals surface area contributed by atoms with Gasteiger partial charge in [0, 0.05) is 19.2 Å². The molecule has 0 saturated heterocycles. The van der Waals surface area contributed by atoms with Crippen LogP contribution in [0.2, 0.25) is 0 Å². The lowest BCUT2D eigenvalue weighted by atomic mass is 10.3. The van der Waals surface area contributed by atoms with Gasteiger partial charge in [0.05, 0.1) is 15.0 Å². The van der Waals surface area contributed by atoms with E-state index < -0.39 is 0 Å². The summed E-state index contributed by atoms with van der Waals surface area (Å²) in [5, 5.41) is 4.13. The van der Waals surface area contributed by atoms with Crippen molar-refractivity contribution in [3.63, 3.8) is 0 Å². The number of ether oxygens (including phenoxy) is 1. The van der Waals surface area contributed by atoms with E-state index in [4.69, 9.17) is 10.5 Å². The highest BCUT2D eigenvalue weighted by Crippen LogP contribution is 2.30. The van der Waals surface area contributed by atoms with Gasteiger partial charge in [-0.25, -0.2) is 9.07 Å². The Labute approximate surface area is 112 Å². The van der Waals surface area contributed by atoms with Crippen LogP contribution >= 0.6 is 22.6 Å². The second-order valence-corrected chi connectivity index (χ2v) is 4.82. The fraction of sp³-hybridized carbons (Fsp3) is 0.182. The van der Waals surface area contributed by atoms with E-state index in [9.17, 15) is 4.39 Å². The molecule has 0 radical (unpaired) electrons. The van der Waals surface area contributed by atoms with Gasteiger partial charge in [-0.2, -0.15) is 5.10 Å². The third-order valence-corrected chi connectivity index (χ3v) is 3.05. The summed E-state index contributed by atoms with van der Waals surface area (Å²) in [5.41, 5.74) is 6.99. The zero-order valence-electron chi connectivity index (χ0n) is 9.37. The molecule has 90 valence electrons. The first kappa shape index (κ1) is 12.2. The Kier molecular flexibility index (Phi) is 3.23. The number of hydrogen-bond donors (Lipinski definition) is 1. The molecule has 0 aliphatic heterocycles. The van der Waals surface area contributed by atoms with Crippen molar-refractivity contribution in [2.24, 2.45) is 7.05 Å². The number of halogens is 2. The lowest BCUT2D eigenvalue weighted by Gasteiger charge is -2.09. The van der Waals surface area contributed by atoms with Crippen molar-refractivity contribution in [3.8, 4) is 11.6 Å². The van der Waals surface area contributed by atoms with Gasteiger partial charge in [-0.05, 0) is 35.6 Å². The number of rotatable bonds is 2. The minimum atomic E-state index is -0.353. The van der Waals surface area contributed by atoms with Crippen LogP contribution in [0.1, 0.15) is 5.69 Å². The van der Waals surface area contributed by atoms with Gasteiger partial charge < -0.3 is 10.5 Å². The molecule has 0 aliphatic rings. The fourth-order valence-corrected chi connectivity index (χ4v) is 1.92. The molecule has 0 fully saturated rings. The maximum absolute atomic E-state index is 13.4. The van der Waals surface area contributed by atoms with Crippen LogP contribution in [0.5, 0.6) is 11.6 Å². The molecule has 1 aromatic carbocycles. The molecule has 0 spiro atoms. The van der Waals surface area contributed by atoms with Gasteiger partial charge in [0.15, 0.2) is 5.75 Å². The van der Waals surface area contributed by atoms with Crippen molar-refractivity contribution in [1.82, 2.24) is 9.78 Å². The van der Waals surface area contributed by atoms with E-state index in [0.717, 1.165) is 5.69 Å². The predicted octanol–water partition coefficient (Wildman–Crippen LogP) is 2.85. The second kappa shape index (κ2) is 4.52. The van der Waals surface area contributed by atoms with Crippen LogP contribution in [0.4, 0.5) is 10.1 Å². The van der Waals surface area contributed by atoms with Crippen LogP contribution in [0, 0.1) is 16.3 Å². The topological polar surface area (TPSA) is 53.1 Å². The summed E-state index contributed by atoms with van der Waals surface area (Å²) in [6, 6.07) is 4.57. The van der Waals surface area contributed by atoms with Crippen LogP contribution < -0.4 is 10.5 Å². The molecule has 17 heavy (non-hydrogen) atoms. The van der Waals surface area contributed by atoms with Gasteiger partial charge in [0.1, 0.15) is 5.82 Å². The number of aryl methyl sites for hydroxylation is 2. The number of benzene rings is 1. The number of nitrogen functional groups attached to an aromatic ring is 1. The first-order chi connectivity index (χ1) is 7.97. The number of hydrogen-bond acceptors (Lipinski definition) is 3. The van der Waals surface area contributed by atoms with Gasteiger partial charge in [0.2, 0.25) is 5.88 Å². The van der Waals surface area contributed by atoms with E-state index >= 15 is 0 Å². The summed E-state index contributed by atoms with van der Waals surface area (Å²) in [5.74, 6) is 0.467. The van der Waals surface area contributed by atoms with E-state index in [1.807, 2.05) is 29.5 Å². The van der Waals surface area contributed by atoms with E-state index in [1.54, 1.807) is 17.8 Å². The molecule has 2 rings (SSSR count). The molecule has 0 bridgehead atoms. The maximum Gasteiger partial charge on any atom is 0.217 e. The normalized spacial score (nSPS) is 10.6. The minimum absolute atomic E-state index is 0.297. The molecule has 0 aliphatic carbocycles. The first-order valence-electron chi connectivity index (χ1n) is 4.90. The highest BCUT2D eigenvalue weighted by Gasteiger charge is 2.10. The molecule has 4 nitrogen and oxygen atoms in total. The molecule has 2 N–H and O–H groups in total. The molecule has 2 aromatic rings. The van der Waals surface area contributed by atoms with Gasteiger partial charge in [-0.15, -0.1) is 0 Å². The van der Waals surface area contributed by atoms with Crippen molar-refractivity contribution in [2.75, 3.05) is 5.73 Å². The smallest absolute Gasteiger partial charge is 0.217 e. The average molecular weight is 347 g/mol. The average Bonchev–Trinajstić information content (AvgIpc) is 2.54. The SMILES string of the molecule is Cc1cc(Oc2cc(F)c(I)cc2N)n(C)n1. The Morgan fingerprint density at radius 3 is 2.71 bits per heavy atom. The van der Waals surface area contributed by atoms with Crippen LogP contribution in [0.15, 0.2) is 18.2 Å². The van der Waals surface area contributed by atoms with Gasteiger partial charge in [-0.3, -0.25) is 0 Å². The lowest BCUT2D eigenvalue weighted by molar-refractivity contribution is 0.429. The number of nitrogens with two attached hydrogens (primary N) is 1. The predicted molar refractivity (Wildman–Crippen MR) is 71.5 cm³/mol. The molecule has 0 saturated carbocycles. The fourth-order valence-electron chi connectivity index (χ4n) is 1.43. The van der Waals surface area contributed by atoms with Gasteiger partial charge in [0.25, 0.3) is 0 Å². The maximum atomic E-state index is 13.4. The number of anilines is 1. The molecule has 0 amide bonds. The Bertz CT molecular complexity index is 568. The van der Waals surface area contributed by atoms with E-state index in [1.165, 1.54) is 12.1 Å². The van der Waals surface area contributed by atoms with E-state index in [0.29, 0.717) is 20.9 Å². The largest absolute Gasteiger partial charge is 0.437 e. The summed E-state index contributed by atoms with van der Waals surface area (Å²) < 4.78 is 21.0. The molecular formula is C11H11FIN3O. The second-order valence-electron chi connectivity index (χ2n) is 3.65.